The fourth-order valence-electron chi connectivity index (χ4n) is 7.62. The van der Waals surface area contributed by atoms with E-state index in [0.29, 0.717) is 0 Å². The molecule has 0 saturated heterocycles. The van der Waals surface area contributed by atoms with Gasteiger partial charge in [0.2, 0.25) is 0 Å². The van der Waals surface area contributed by atoms with Gasteiger partial charge in [0.25, 0.3) is 0 Å². The minimum absolute atomic E-state index is 0.233. The van der Waals surface area contributed by atoms with Crippen LogP contribution in [0.5, 0.6) is 0 Å². The Morgan fingerprint density at radius 3 is 1.33 bits per heavy atom. The van der Waals surface area contributed by atoms with Crippen LogP contribution in [0.2, 0.25) is 0 Å². The molecule has 4 aromatic heterocycles. The monoisotopic (exact) mass is 628 g/mol. The molecule has 48 heavy (non-hydrogen) atoms. The zero-order valence-electron chi connectivity index (χ0n) is 29.2. The molecular formula is C44H44N4. The summed E-state index contributed by atoms with van der Waals surface area (Å²) in [5, 5.41) is 4.87. The molecule has 0 radical (unpaired) electrons. The predicted octanol–water partition coefficient (Wildman–Crippen LogP) is 10.3. The van der Waals surface area contributed by atoms with Gasteiger partial charge in [0.15, 0.2) is 0 Å². The van der Waals surface area contributed by atoms with Crippen LogP contribution in [0.1, 0.15) is 112 Å². The Morgan fingerprint density at radius 1 is 0.375 bits per heavy atom. The number of aromatic nitrogens is 4. The Bertz CT molecular complexity index is 2420. The molecule has 0 atom stereocenters. The lowest BCUT2D eigenvalue weighted by Gasteiger charge is -2.28. The molecule has 1 aliphatic heterocycles. The van der Waals surface area contributed by atoms with Crippen molar-refractivity contribution in [1.29, 1.82) is 0 Å². The van der Waals surface area contributed by atoms with Crippen molar-refractivity contribution in [2.75, 3.05) is 0 Å². The molecule has 1 aliphatic rings. The quantitative estimate of drug-likeness (QED) is 0.0954. The van der Waals surface area contributed by atoms with Crippen molar-refractivity contribution in [2.24, 2.45) is 0 Å². The van der Waals surface area contributed by atoms with Gasteiger partial charge < -0.3 is 19.9 Å². The van der Waals surface area contributed by atoms with Crippen molar-refractivity contribution in [2.45, 2.75) is 77.0 Å². The third kappa shape index (κ3) is 4.44. The first-order valence-electron chi connectivity index (χ1n) is 17.0. The maximum absolute atomic E-state index is 3.94. The van der Waals surface area contributed by atoms with Crippen molar-refractivity contribution >= 4 is 21.5 Å². The first kappa shape index (κ1) is 30.2. The third-order valence-electron chi connectivity index (χ3n) is 11.3. The summed E-state index contributed by atoms with van der Waals surface area (Å²) in [4.78, 5) is 15.5. The molecule has 5 heterocycles. The number of hydrogen-bond acceptors (Lipinski definition) is 0. The molecule has 4 N–H and O–H groups in total. The first-order chi connectivity index (χ1) is 22.8. The molecule has 0 spiro atoms. The summed E-state index contributed by atoms with van der Waals surface area (Å²) in [5.41, 5.74) is 10.2. The Kier molecular flexibility index (Phi) is 6.41. The van der Waals surface area contributed by atoms with E-state index in [2.05, 4.69) is 184 Å². The van der Waals surface area contributed by atoms with E-state index < -0.39 is 0 Å². The summed E-state index contributed by atoms with van der Waals surface area (Å²) in [6.07, 6.45) is 0. The van der Waals surface area contributed by atoms with Crippen LogP contribution in [0.15, 0.2) is 97.1 Å². The largest absolute Gasteiger partial charge is 0.361 e. The lowest BCUT2D eigenvalue weighted by molar-refractivity contribution is 0.545. The molecular weight excluding hydrogens is 585 g/mol. The van der Waals surface area contributed by atoms with Gasteiger partial charge in [-0.3, -0.25) is 0 Å². The highest BCUT2D eigenvalue weighted by Crippen LogP contribution is 2.42. The van der Waals surface area contributed by atoms with E-state index >= 15 is 0 Å². The Morgan fingerprint density at radius 2 is 0.792 bits per heavy atom. The number of hydrogen-bond donors (Lipinski definition) is 4. The summed E-state index contributed by atoms with van der Waals surface area (Å²) in [6, 6.07) is 35.2. The second-order valence-electron chi connectivity index (χ2n) is 15.8. The molecule has 7 aromatic rings. The number of fused-ring (bicyclic) bond motifs is 11. The number of benzene rings is 3. The molecule has 0 saturated carbocycles. The second-order valence-corrected chi connectivity index (χ2v) is 15.8. The van der Waals surface area contributed by atoms with Gasteiger partial charge in [-0.25, -0.2) is 0 Å². The van der Waals surface area contributed by atoms with Crippen molar-refractivity contribution in [3.63, 3.8) is 0 Å². The van der Waals surface area contributed by atoms with Crippen molar-refractivity contribution in [3.8, 4) is 11.8 Å². The summed E-state index contributed by atoms with van der Waals surface area (Å²) in [7, 11) is 0. The smallest absolute Gasteiger partial charge is 0.0469 e. The van der Waals surface area contributed by atoms with Crippen LogP contribution in [-0.4, -0.2) is 19.9 Å². The number of nitrogens with one attached hydrogen (secondary N) is 4. The Balaban J connectivity index is 1.35. The van der Waals surface area contributed by atoms with Gasteiger partial charge in [0.1, 0.15) is 0 Å². The normalized spacial score (nSPS) is 17.2. The van der Waals surface area contributed by atoms with Gasteiger partial charge in [-0.15, -0.1) is 0 Å². The lowest BCUT2D eigenvalue weighted by atomic mass is 9.83. The Labute approximate surface area is 283 Å². The maximum atomic E-state index is 3.94. The SMILES string of the molecule is CC1(C)c2ccc([nH]2)C(C)(C)c2ccc([nH]2)C(C)(C)c2[nH]c(cc2C#Cc2cc3ccccc3c3ccccc23)C(C)(C)c2ccc1[nH]2. The van der Waals surface area contributed by atoms with E-state index in [0.717, 1.165) is 33.9 Å². The lowest BCUT2D eigenvalue weighted by Crippen LogP contribution is -2.26. The fourth-order valence-corrected chi connectivity index (χ4v) is 7.62. The van der Waals surface area contributed by atoms with Crippen LogP contribution in [-0.2, 0) is 21.7 Å². The summed E-state index contributed by atoms with van der Waals surface area (Å²) in [5.74, 6) is 7.33. The number of H-pyrrole nitrogens is 4. The molecule has 8 bridgehead atoms. The van der Waals surface area contributed by atoms with Crippen LogP contribution in [0.4, 0.5) is 0 Å². The zero-order chi connectivity index (χ0) is 33.6. The van der Waals surface area contributed by atoms with Crippen LogP contribution in [0.3, 0.4) is 0 Å². The topological polar surface area (TPSA) is 63.2 Å². The summed E-state index contributed by atoms with van der Waals surface area (Å²) >= 11 is 0. The second kappa shape index (κ2) is 10.2. The molecule has 8 rings (SSSR count). The van der Waals surface area contributed by atoms with Gasteiger partial charge in [0.05, 0.1) is 0 Å². The zero-order valence-corrected chi connectivity index (χ0v) is 29.2. The standard InChI is InChI=1S/C44H44N4/c1-41(2)33-19-20-34(45-33)42(3,4)36-23-24-38(47-36)44(7,8)40-29(26-39(48-40)43(5,6)37-22-21-35(41)46-37)18-17-28-25-27-13-9-10-14-30(27)32-16-12-11-15-31(28)32/h9-16,19-26,45-48H,1-8H3. The first-order valence-corrected chi connectivity index (χ1v) is 17.0. The van der Waals surface area contributed by atoms with Gasteiger partial charge in [-0.1, -0.05) is 60.4 Å². The highest BCUT2D eigenvalue weighted by molar-refractivity contribution is 6.09. The molecule has 0 aliphatic carbocycles. The summed E-state index contributed by atoms with van der Waals surface area (Å²) < 4.78 is 0. The molecule has 3 aromatic carbocycles. The van der Waals surface area contributed by atoms with E-state index in [9.17, 15) is 0 Å². The van der Waals surface area contributed by atoms with Crippen molar-refractivity contribution in [3.05, 3.63) is 154 Å². The minimum atomic E-state index is -0.376. The van der Waals surface area contributed by atoms with Crippen LogP contribution in [0.25, 0.3) is 21.5 Å². The highest BCUT2D eigenvalue weighted by Gasteiger charge is 2.37. The van der Waals surface area contributed by atoms with Gasteiger partial charge in [-0.2, -0.15) is 0 Å². The van der Waals surface area contributed by atoms with Gasteiger partial charge in [0, 0.05) is 78.3 Å². The van der Waals surface area contributed by atoms with Gasteiger partial charge >= 0.3 is 0 Å². The maximum Gasteiger partial charge on any atom is 0.0469 e. The average Bonchev–Trinajstić information content (AvgIpc) is 3.89. The molecule has 0 unspecified atom stereocenters. The van der Waals surface area contributed by atoms with Crippen LogP contribution >= 0.6 is 0 Å². The fraction of sp³-hybridized carbons (Fsp3) is 0.273. The van der Waals surface area contributed by atoms with Crippen LogP contribution in [0, 0.1) is 11.8 Å². The Hall–Kier alpha value is -5.14. The number of rotatable bonds is 0. The third-order valence-corrected chi connectivity index (χ3v) is 11.3. The molecule has 0 amide bonds. The van der Waals surface area contributed by atoms with E-state index in [4.69, 9.17) is 0 Å². The predicted molar refractivity (Wildman–Crippen MR) is 199 cm³/mol. The minimum Gasteiger partial charge on any atom is -0.361 e. The van der Waals surface area contributed by atoms with E-state index in [1.807, 2.05) is 0 Å². The van der Waals surface area contributed by atoms with Crippen molar-refractivity contribution < 1.29 is 0 Å². The van der Waals surface area contributed by atoms with Crippen LogP contribution < -0.4 is 0 Å². The van der Waals surface area contributed by atoms with Gasteiger partial charge in [-0.05, 0) is 125 Å². The average molecular weight is 629 g/mol. The molecule has 0 fully saturated rings. The van der Waals surface area contributed by atoms with E-state index in [-0.39, 0.29) is 21.7 Å². The van der Waals surface area contributed by atoms with Crippen molar-refractivity contribution in [1.82, 2.24) is 19.9 Å². The van der Waals surface area contributed by atoms with E-state index in [1.54, 1.807) is 0 Å². The summed E-state index contributed by atoms with van der Waals surface area (Å²) in [6.45, 7) is 18.3. The van der Waals surface area contributed by atoms with E-state index in [1.165, 1.54) is 44.3 Å². The highest BCUT2D eigenvalue weighted by atomic mass is 14.9. The molecule has 240 valence electrons. The number of aromatic amines is 4. The molecule has 4 heteroatoms. The molecule has 4 nitrogen and oxygen atoms in total.